The van der Waals surface area contributed by atoms with Gasteiger partial charge >= 0.3 is 0 Å². The Kier molecular flexibility index (Phi) is 3.47. The van der Waals surface area contributed by atoms with Crippen LogP contribution in [0.3, 0.4) is 0 Å². The molecule has 0 bridgehead atoms. The van der Waals surface area contributed by atoms with E-state index in [0.717, 1.165) is 18.4 Å². The number of rotatable bonds is 3. The fourth-order valence-electron chi connectivity index (χ4n) is 2.44. The highest BCUT2D eigenvalue weighted by molar-refractivity contribution is 5.36. The average Bonchev–Trinajstić information content (AvgIpc) is 2.81. The van der Waals surface area contributed by atoms with Crippen LogP contribution in [0.25, 0.3) is 0 Å². The summed E-state index contributed by atoms with van der Waals surface area (Å²) in [5.41, 5.74) is 0.914. The zero-order valence-electron chi connectivity index (χ0n) is 9.03. The van der Waals surface area contributed by atoms with E-state index in [1.54, 1.807) is 18.2 Å². The molecule has 1 saturated carbocycles. The van der Waals surface area contributed by atoms with Crippen LogP contribution in [0.2, 0.25) is 0 Å². The summed E-state index contributed by atoms with van der Waals surface area (Å²) in [6.07, 6.45) is 6.20. The van der Waals surface area contributed by atoms with Crippen LogP contribution >= 0.6 is 0 Å². The van der Waals surface area contributed by atoms with Crippen LogP contribution in [0.15, 0.2) is 29.3 Å². The molecule has 1 fully saturated rings. The van der Waals surface area contributed by atoms with Gasteiger partial charge in [-0.1, -0.05) is 25.0 Å². The normalized spacial score (nSPS) is 18.1. The number of hydrogen-bond donors (Lipinski definition) is 0. The van der Waals surface area contributed by atoms with E-state index in [9.17, 15) is 9.18 Å². The summed E-state index contributed by atoms with van der Waals surface area (Å²) < 4.78 is 12.8. The summed E-state index contributed by atoms with van der Waals surface area (Å²) in [6.45, 7) is 0. The van der Waals surface area contributed by atoms with Gasteiger partial charge in [0.1, 0.15) is 5.82 Å². The van der Waals surface area contributed by atoms with E-state index >= 15 is 0 Å². The number of halogens is 1. The largest absolute Gasteiger partial charge is 0.235 e. The summed E-state index contributed by atoms with van der Waals surface area (Å²) in [5, 5.41) is 0. The molecule has 84 valence electrons. The SMILES string of the molecule is O=C=NC(c1ccc(F)cc1)C1CCCC1. The van der Waals surface area contributed by atoms with Crippen molar-refractivity contribution in [1.29, 1.82) is 0 Å². The number of isocyanates is 1. The molecule has 0 aromatic heterocycles. The maximum absolute atomic E-state index is 12.8. The Bertz CT molecular complexity index is 389. The summed E-state index contributed by atoms with van der Waals surface area (Å²) in [4.78, 5) is 14.3. The molecule has 1 aliphatic carbocycles. The molecule has 0 saturated heterocycles. The van der Waals surface area contributed by atoms with Crippen LogP contribution in [0.1, 0.15) is 37.3 Å². The molecule has 1 unspecified atom stereocenters. The van der Waals surface area contributed by atoms with Gasteiger partial charge in [-0.25, -0.2) is 9.18 Å². The lowest BCUT2D eigenvalue weighted by Gasteiger charge is -2.17. The van der Waals surface area contributed by atoms with Crippen LogP contribution in [-0.4, -0.2) is 6.08 Å². The minimum atomic E-state index is -0.260. The van der Waals surface area contributed by atoms with Crippen molar-refractivity contribution in [3.63, 3.8) is 0 Å². The van der Waals surface area contributed by atoms with Crippen molar-refractivity contribution in [3.05, 3.63) is 35.6 Å². The summed E-state index contributed by atoms with van der Waals surface area (Å²) >= 11 is 0. The number of aliphatic imine (C=N–C) groups is 1. The number of carbonyl (C=O) groups excluding carboxylic acids is 1. The van der Waals surface area contributed by atoms with E-state index in [2.05, 4.69) is 4.99 Å². The first kappa shape index (κ1) is 11.0. The first-order valence-electron chi connectivity index (χ1n) is 5.63. The maximum atomic E-state index is 12.8. The van der Waals surface area contributed by atoms with E-state index in [1.165, 1.54) is 25.0 Å². The van der Waals surface area contributed by atoms with Gasteiger partial charge in [0.15, 0.2) is 0 Å². The molecule has 2 nitrogen and oxygen atoms in total. The Morgan fingerprint density at radius 2 is 1.88 bits per heavy atom. The van der Waals surface area contributed by atoms with Crippen LogP contribution in [0.4, 0.5) is 4.39 Å². The molecule has 16 heavy (non-hydrogen) atoms. The van der Waals surface area contributed by atoms with Gasteiger partial charge in [-0.3, -0.25) is 0 Å². The second-order valence-electron chi connectivity index (χ2n) is 4.26. The first-order valence-corrected chi connectivity index (χ1v) is 5.63. The van der Waals surface area contributed by atoms with E-state index < -0.39 is 0 Å². The third kappa shape index (κ3) is 2.37. The van der Waals surface area contributed by atoms with Crippen LogP contribution in [-0.2, 0) is 4.79 Å². The molecule has 0 amide bonds. The van der Waals surface area contributed by atoms with E-state index in [0.29, 0.717) is 5.92 Å². The lowest BCUT2D eigenvalue weighted by molar-refractivity contribution is 0.442. The predicted octanol–water partition coefficient (Wildman–Crippen LogP) is 3.39. The van der Waals surface area contributed by atoms with Crippen molar-refractivity contribution < 1.29 is 9.18 Å². The van der Waals surface area contributed by atoms with Gasteiger partial charge in [-0.05, 0) is 36.5 Å². The molecule has 2 rings (SSSR count). The standard InChI is InChI=1S/C13H14FNO/c14-12-7-5-11(6-8-12)13(15-9-16)10-3-1-2-4-10/h5-8,10,13H,1-4H2. The van der Waals surface area contributed by atoms with E-state index in [-0.39, 0.29) is 11.9 Å². The van der Waals surface area contributed by atoms with Crippen molar-refractivity contribution in [2.45, 2.75) is 31.7 Å². The average molecular weight is 219 g/mol. The van der Waals surface area contributed by atoms with Crippen molar-refractivity contribution in [1.82, 2.24) is 0 Å². The van der Waals surface area contributed by atoms with Crippen molar-refractivity contribution >= 4 is 6.08 Å². The van der Waals surface area contributed by atoms with Gasteiger partial charge in [0, 0.05) is 0 Å². The highest BCUT2D eigenvalue weighted by Gasteiger charge is 2.25. The first-order chi connectivity index (χ1) is 7.81. The molecule has 1 aromatic carbocycles. The molecule has 1 aromatic rings. The Balaban J connectivity index is 2.24. The third-order valence-electron chi connectivity index (χ3n) is 3.25. The third-order valence-corrected chi connectivity index (χ3v) is 3.25. The van der Waals surface area contributed by atoms with E-state index in [1.807, 2.05) is 0 Å². The van der Waals surface area contributed by atoms with Crippen molar-refractivity contribution in [2.75, 3.05) is 0 Å². The molecule has 3 heteroatoms. The molecule has 0 spiro atoms. The summed E-state index contributed by atoms with van der Waals surface area (Å²) in [7, 11) is 0. The van der Waals surface area contributed by atoms with Gasteiger partial charge < -0.3 is 0 Å². The smallest absolute Gasteiger partial charge is 0.211 e. The zero-order chi connectivity index (χ0) is 11.4. The Hall–Kier alpha value is -1.47. The second-order valence-corrected chi connectivity index (χ2v) is 4.26. The Morgan fingerprint density at radius 3 is 2.44 bits per heavy atom. The zero-order valence-corrected chi connectivity index (χ0v) is 9.03. The van der Waals surface area contributed by atoms with Crippen LogP contribution < -0.4 is 0 Å². The highest BCUT2D eigenvalue weighted by atomic mass is 19.1. The molecule has 0 heterocycles. The quantitative estimate of drug-likeness (QED) is 0.566. The summed E-state index contributed by atoms with van der Waals surface area (Å²) in [5.74, 6) is 0.149. The van der Waals surface area contributed by atoms with Gasteiger partial charge in [-0.15, -0.1) is 0 Å². The fourth-order valence-corrected chi connectivity index (χ4v) is 2.44. The van der Waals surface area contributed by atoms with Crippen molar-refractivity contribution in [3.8, 4) is 0 Å². The predicted molar refractivity (Wildman–Crippen MR) is 59.2 cm³/mol. The molecule has 1 atom stereocenters. The second kappa shape index (κ2) is 5.04. The number of nitrogens with zero attached hydrogens (tertiary/aromatic N) is 1. The van der Waals surface area contributed by atoms with E-state index in [4.69, 9.17) is 0 Å². The lowest BCUT2D eigenvalue weighted by Crippen LogP contribution is -2.07. The minimum absolute atomic E-state index is 0.138. The van der Waals surface area contributed by atoms with Gasteiger partial charge in [-0.2, -0.15) is 4.99 Å². The van der Waals surface area contributed by atoms with Crippen LogP contribution in [0.5, 0.6) is 0 Å². The number of hydrogen-bond acceptors (Lipinski definition) is 2. The minimum Gasteiger partial charge on any atom is -0.211 e. The Labute approximate surface area is 94.2 Å². The monoisotopic (exact) mass is 219 g/mol. The molecular formula is C13H14FNO. The molecular weight excluding hydrogens is 205 g/mol. The van der Waals surface area contributed by atoms with Crippen LogP contribution in [0, 0.1) is 11.7 Å². The van der Waals surface area contributed by atoms with Gasteiger partial charge in [0.2, 0.25) is 6.08 Å². The fraction of sp³-hybridized carbons (Fsp3) is 0.462. The van der Waals surface area contributed by atoms with Gasteiger partial charge in [0.25, 0.3) is 0 Å². The van der Waals surface area contributed by atoms with Crippen molar-refractivity contribution in [2.24, 2.45) is 10.9 Å². The Morgan fingerprint density at radius 1 is 1.25 bits per heavy atom. The lowest BCUT2D eigenvalue weighted by atomic mass is 9.92. The summed E-state index contributed by atoms with van der Waals surface area (Å²) in [6, 6.07) is 6.11. The molecule has 0 N–H and O–H groups in total. The topological polar surface area (TPSA) is 29.4 Å². The highest BCUT2D eigenvalue weighted by Crippen LogP contribution is 2.37. The molecule has 0 radical (unpaired) electrons. The molecule has 1 aliphatic rings. The molecule has 0 aliphatic heterocycles. The maximum Gasteiger partial charge on any atom is 0.235 e. The number of benzene rings is 1. The van der Waals surface area contributed by atoms with Gasteiger partial charge in [0.05, 0.1) is 6.04 Å².